The maximum Gasteiger partial charge on any atom is 0.435 e. The second kappa shape index (κ2) is 16.9. The topological polar surface area (TPSA) is 183 Å². The molecule has 6 aromatic rings. The van der Waals surface area contributed by atoms with Crippen LogP contribution in [0.25, 0.3) is 22.0 Å². The van der Waals surface area contributed by atoms with Crippen LogP contribution in [0.2, 0.25) is 5.02 Å². The number of nitrogens with one attached hydrogen (secondary N) is 2. The van der Waals surface area contributed by atoms with Crippen LogP contribution in [0, 0.1) is 29.4 Å². The molecule has 360 valence electrons. The summed E-state index contributed by atoms with van der Waals surface area (Å²) in [4.78, 5) is 19.0. The van der Waals surface area contributed by atoms with E-state index in [-0.39, 0.29) is 45.3 Å². The van der Waals surface area contributed by atoms with Crippen molar-refractivity contribution in [1.29, 1.82) is 0 Å². The van der Waals surface area contributed by atoms with Gasteiger partial charge in [-0.15, -0.1) is 5.10 Å². The summed E-state index contributed by atoms with van der Waals surface area (Å²) in [7, 11) is -2.14. The van der Waals surface area contributed by atoms with Gasteiger partial charge in [0.2, 0.25) is 11.8 Å². The highest BCUT2D eigenvalue weighted by molar-refractivity contribution is 7.93. The van der Waals surface area contributed by atoms with Gasteiger partial charge in [-0.2, -0.15) is 32.1 Å². The van der Waals surface area contributed by atoms with E-state index in [9.17, 15) is 40.3 Å². The first-order valence-electron chi connectivity index (χ1n) is 21.2. The summed E-state index contributed by atoms with van der Waals surface area (Å²) in [6, 6.07) is 7.08. The molecule has 3 atom stereocenters. The molecule has 2 aliphatic carbocycles. The zero-order valence-electron chi connectivity index (χ0n) is 37.3. The molecule has 2 aliphatic rings. The second-order valence-electron chi connectivity index (χ2n) is 18.1. The van der Waals surface area contributed by atoms with Crippen molar-refractivity contribution >= 4 is 50.1 Å². The van der Waals surface area contributed by atoms with Gasteiger partial charge in [0.05, 0.1) is 32.9 Å². The number of hydrogen-bond donors (Lipinski definition) is 3. The van der Waals surface area contributed by atoms with Crippen LogP contribution in [0.1, 0.15) is 106 Å². The number of fused-ring (bicyclic) bond motifs is 2. The minimum atomic E-state index is -5.15. The molecule has 1 fully saturated rings. The number of carbonyl (C=O) groups excluding carboxylic acids is 1. The molecule has 0 radical (unpaired) electrons. The monoisotopic (exact) mass is 989 g/mol. The fourth-order valence-electron chi connectivity index (χ4n) is 8.34. The van der Waals surface area contributed by atoms with Crippen LogP contribution in [-0.2, 0) is 52.3 Å². The smallest absolute Gasteiger partial charge is 0.405 e. The molecule has 14 nitrogen and oxygen atoms in total. The maximum absolute atomic E-state index is 15.8. The molecule has 0 unspecified atom stereocenters. The van der Waals surface area contributed by atoms with E-state index >= 15 is 8.78 Å². The molecule has 3 N–H and O–H groups in total. The molecule has 4 heterocycles. The Morgan fingerprint density at radius 3 is 2.29 bits per heavy atom. The van der Waals surface area contributed by atoms with E-state index in [2.05, 4.69) is 42.9 Å². The molecule has 4 aromatic heterocycles. The number of pyridine rings is 1. The highest BCUT2D eigenvalue weighted by Gasteiger charge is 2.57. The van der Waals surface area contributed by atoms with Crippen LogP contribution in [-0.4, -0.2) is 64.2 Å². The van der Waals surface area contributed by atoms with E-state index in [4.69, 9.17) is 21.0 Å². The molecule has 8 rings (SSSR count). The fourth-order valence-corrected chi connectivity index (χ4v) is 10.4. The number of anilines is 2. The quantitative estimate of drug-likeness (QED) is 0.0787. The van der Waals surface area contributed by atoms with E-state index < -0.39 is 103 Å². The Morgan fingerprint density at radius 1 is 1.01 bits per heavy atom. The molecule has 23 heteroatoms. The fraction of sp³-hybridized carbons (Fsp3) is 0.422. The van der Waals surface area contributed by atoms with Crippen molar-refractivity contribution in [3.8, 4) is 23.0 Å². The number of carbonyl (C=O) groups is 1. The van der Waals surface area contributed by atoms with Gasteiger partial charge in [0, 0.05) is 35.7 Å². The van der Waals surface area contributed by atoms with Gasteiger partial charge in [-0.3, -0.25) is 19.5 Å². The van der Waals surface area contributed by atoms with Crippen molar-refractivity contribution in [2.24, 2.45) is 13.0 Å². The highest BCUT2D eigenvalue weighted by Crippen LogP contribution is 2.55. The molecule has 1 saturated carbocycles. The number of sulfone groups is 1. The van der Waals surface area contributed by atoms with Crippen molar-refractivity contribution in [2.45, 2.75) is 107 Å². The zero-order valence-corrected chi connectivity index (χ0v) is 38.9. The molecule has 0 aliphatic heterocycles. The van der Waals surface area contributed by atoms with E-state index in [0.29, 0.717) is 40.1 Å². The number of benzene rings is 2. The van der Waals surface area contributed by atoms with Gasteiger partial charge in [-0.05, 0) is 94.7 Å². The van der Waals surface area contributed by atoms with Gasteiger partial charge in [-0.1, -0.05) is 42.5 Å². The Labute approximate surface area is 389 Å². The molecule has 2 aromatic carbocycles. The van der Waals surface area contributed by atoms with E-state index in [0.717, 1.165) is 19.1 Å². The summed E-state index contributed by atoms with van der Waals surface area (Å²) in [6.07, 6.45) is -4.62. The predicted octanol–water partition coefficient (Wildman–Crippen LogP) is 8.79. The summed E-state index contributed by atoms with van der Waals surface area (Å²) in [5, 5.41) is 31.7. The Kier molecular flexibility index (Phi) is 12.0. The van der Waals surface area contributed by atoms with Crippen molar-refractivity contribution < 1.29 is 53.5 Å². The number of halogens is 8. The van der Waals surface area contributed by atoms with Gasteiger partial charge < -0.3 is 14.8 Å². The molecule has 0 saturated heterocycles. The van der Waals surface area contributed by atoms with Gasteiger partial charge in [-0.25, -0.2) is 22.2 Å². The van der Waals surface area contributed by atoms with Crippen LogP contribution < -0.4 is 10.6 Å². The number of rotatable bonds is 12. The average Bonchev–Trinajstić information content (AvgIpc) is 3.66. The van der Waals surface area contributed by atoms with Crippen LogP contribution in [0.5, 0.6) is 0 Å². The molecule has 1 amide bonds. The highest BCUT2D eigenvalue weighted by atomic mass is 35.5. The van der Waals surface area contributed by atoms with Crippen molar-refractivity contribution in [3.63, 3.8) is 0 Å². The normalized spacial score (nSPS) is 17.8. The first-order valence-corrected chi connectivity index (χ1v) is 23.1. The number of alkyl halides is 5. The lowest BCUT2D eigenvalue weighted by Gasteiger charge is -2.23. The minimum absolute atomic E-state index is 0.0219. The lowest BCUT2D eigenvalue weighted by molar-refractivity contribution is -0.143. The average molecular weight is 990 g/mol. The third-order valence-electron chi connectivity index (χ3n) is 12.2. The summed E-state index contributed by atoms with van der Waals surface area (Å²) in [6.45, 7) is 6.96. The third kappa shape index (κ3) is 8.91. The SMILES string of the molecule is C[C@@H]1c2c(C(F)(F)F)nn(CC(=O)N[C@@H](Cc3cc(F)cc(F)c3)c3nc(C#CC(C)(C)S(=O)(=O)C4CC4)ccc3-c3ccc(Cl)c4c(Nc5nnc(C(C)(C)O)o5)nn(C)c34)c2C(F)(F)[C@@H]1C. The standard InChI is InChI=1S/C45H43ClF7N9O5S/c1-21-22(2)44(49,50)38-33(21)37(45(51,52)53)59-62(38)20-32(63)55-31(18-23-16-24(47)19-25(48)17-23)35-28(11-8-26(54-35)14-15-42(3,4)68(65,66)27-9-10-27)29-12-13-30(46)34-36(29)61(7)60-39(34)56-41-58-57-40(67-41)43(5,6)64/h8,11-13,16-17,19,21-22,27,31,64H,9-10,18,20H2,1-7H3,(H,55,63)(H,56,58,60)/t21-,22+,31-/m0/s1. The lowest BCUT2D eigenvalue weighted by atomic mass is 9.93. The third-order valence-corrected chi connectivity index (χ3v) is 15.4. The summed E-state index contributed by atoms with van der Waals surface area (Å²) in [5.41, 5.74) is -4.06. The second-order valence-corrected chi connectivity index (χ2v) is 21.3. The largest absolute Gasteiger partial charge is 0.435 e. The van der Waals surface area contributed by atoms with Gasteiger partial charge in [0.15, 0.2) is 21.3 Å². The first-order chi connectivity index (χ1) is 31.6. The lowest BCUT2D eigenvalue weighted by Crippen LogP contribution is -2.35. The number of hydrogen-bond acceptors (Lipinski definition) is 11. The minimum Gasteiger partial charge on any atom is -0.405 e. The maximum atomic E-state index is 15.8. The molecule has 0 bridgehead atoms. The van der Waals surface area contributed by atoms with Gasteiger partial charge >= 0.3 is 12.2 Å². The van der Waals surface area contributed by atoms with Gasteiger partial charge in [0.25, 0.3) is 5.92 Å². The molecular weight excluding hydrogens is 947 g/mol. The van der Waals surface area contributed by atoms with Crippen molar-refractivity contribution in [3.05, 3.63) is 98.9 Å². The number of nitrogens with zero attached hydrogens (tertiary/aromatic N) is 7. The van der Waals surface area contributed by atoms with Crippen molar-refractivity contribution in [2.75, 3.05) is 5.32 Å². The number of aromatic nitrogens is 7. The molecule has 0 spiro atoms. The predicted molar refractivity (Wildman–Crippen MR) is 234 cm³/mol. The Bertz CT molecular complexity index is 3160. The summed E-state index contributed by atoms with van der Waals surface area (Å²) in [5.74, 6) is -4.15. The van der Waals surface area contributed by atoms with E-state index in [1.54, 1.807) is 13.1 Å². The molecular formula is C45H43ClF7N9O5S. The summed E-state index contributed by atoms with van der Waals surface area (Å²) < 4.78 is 137. The molecule has 68 heavy (non-hydrogen) atoms. The van der Waals surface area contributed by atoms with Crippen LogP contribution in [0.3, 0.4) is 0 Å². The Morgan fingerprint density at radius 2 is 1.68 bits per heavy atom. The zero-order chi connectivity index (χ0) is 49.6. The van der Waals surface area contributed by atoms with Gasteiger partial charge in [0.1, 0.15) is 39.9 Å². The van der Waals surface area contributed by atoms with E-state index in [1.165, 1.54) is 57.5 Å². The van der Waals surface area contributed by atoms with Crippen molar-refractivity contribution in [1.82, 2.24) is 40.1 Å². The van der Waals surface area contributed by atoms with Crippen LogP contribution >= 0.6 is 11.6 Å². The number of aryl methyl sites for hydroxylation is 1. The Hall–Kier alpha value is -6.05. The first kappa shape index (κ1) is 48.4. The van der Waals surface area contributed by atoms with Crippen LogP contribution in [0.15, 0.2) is 46.9 Å². The van der Waals surface area contributed by atoms with E-state index in [1.807, 2.05) is 0 Å². The number of aliphatic hydroxyl groups is 1. The number of amides is 1. The van der Waals surface area contributed by atoms with Crippen LogP contribution in [0.4, 0.5) is 42.6 Å². The Balaban J connectivity index is 1.29. The summed E-state index contributed by atoms with van der Waals surface area (Å²) >= 11 is 6.80.